The first-order chi connectivity index (χ1) is 14.0. The Kier molecular flexibility index (Phi) is 5.60. The fourth-order valence-corrected chi connectivity index (χ4v) is 4.16. The minimum atomic E-state index is -1.18. The third-order valence-electron chi connectivity index (χ3n) is 6.06. The van der Waals surface area contributed by atoms with Gasteiger partial charge in [-0.15, -0.1) is 0 Å². The number of alkyl halides is 1. The Morgan fingerprint density at radius 1 is 1.17 bits per heavy atom. The first-order valence-electron chi connectivity index (χ1n) is 10.3. The quantitative estimate of drug-likeness (QED) is 0.843. The summed E-state index contributed by atoms with van der Waals surface area (Å²) in [7, 11) is 0. The van der Waals surface area contributed by atoms with E-state index in [2.05, 4.69) is 16.4 Å². The van der Waals surface area contributed by atoms with Gasteiger partial charge in [0.15, 0.2) is 0 Å². The molecule has 29 heavy (non-hydrogen) atoms. The Labute approximate surface area is 170 Å². The average molecular weight is 395 g/mol. The lowest BCUT2D eigenvalue weighted by atomic mass is 9.80. The number of hydrogen-bond donors (Lipinski definition) is 1. The Morgan fingerprint density at radius 3 is 2.52 bits per heavy atom. The third-order valence-corrected chi connectivity index (χ3v) is 6.06. The number of carbonyl (C=O) groups excluding carboxylic acids is 2. The van der Waals surface area contributed by atoms with E-state index in [4.69, 9.17) is 0 Å². The number of carbonyl (C=O) groups is 2. The molecule has 1 saturated carbocycles. The summed E-state index contributed by atoms with van der Waals surface area (Å²) in [5.74, 6) is -0.0472. The molecule has 0 spiro atoms. The lowest BCUT2D eigenvalue weighted by Crippen LogP contribution is -2.46. The van der Waals surface area contributed by atoms with Gasteiger partial charge in [-0.25, -0.2) is 4.39 Å². The van der Waals surface area contributed by atoms with Gasteiger partial charge in [0.05, 0.1) is 18.3 Å². The van der Waals surface area contributed by atoms with E-state index in [1.807, 2.05) is 42.6 Å². The molecule has 5 nitrogen and oxygen atoms in total. The number of benzene rings is 1. The van der Waals surface area contributed by atoms with Crippen molar-refractivity contribution in [3.05, 3.63) is 65.5 Å². The Bertz CT molecular complexity index is 867. The Balaban J connectivity index is 1.58. The number of amides is 2. The molecule has 1 saturated heterocycles. The van der Waals surface area contributed by atoms with Crippen LogP contribution in [0.1, 0.15) is 61.4 Å². The standard InChI is InChI=1S/C23H26FN3O2/c1-15(28)27-14-19(24)12-21(27)23(29)26-22(17-6-3-2-4-7-17)20-11-10-18(13-25-20)16-8-5-9-16/h2-4,6-7,10-11,13,16,19,21-22H,5,8-9,12,14H2,1H3,(H,26,29)/t19-,21+,22+/m1/s1. The molecule has 1 aromatic carbocycles. The van der Waals surface area contributed by atoms with Crippen LogP contribution in [0.15, 0.2) is 48.7 Å². The van der Waals surface area contributed by atoms with E-state index < -0.39 is 18.3 Å². The van der Waals surface area contributed by atoms with Crippen LogP contribution in [0.2, 0.25) is 0 Å². The number of nitrogens with zero attached hydrogens (tertiary/aromatic N) is 2. The van der Waals surface area contributed by atoms with E-state index in [9.17, 15) is 14.0 Å². The second-order valence-corrected chi connectivity index (χ2v) is 8.02. The SMILES string of the molecule is CC(=O)N1C[C@H](F)C[C@H]1C(=O)N[C@@H](c1ccccc1)c1ccc(C2CCC2)cn1. The molecule has 1 aromatic heterocycles. The van der Waals surface area contributed by atoms with Gasteiger partial charge in [-0.2, -0.15) is 0 Å². The first kappa shape index (κ1) is 19.6. The van der Waals surface area contributed by atoms with Crippen LogP contribution in [0.4, 0.5) is 4.39 Å². The topological polar surface area (TPSA) is 62.3 Å². The molecule has 1 aliphatic heterocycles. The predicted molar refractivity (Wildman–Crippen MR) is 108 cm³/mol. The Morgan fingerprint density at radius 2 is 1.93 bits per heavy atom. The maximum atomic E-state index is 13.9. The molecule has 2 fully saturated rings. The summed E-state index contributed by atoms with van der Waals surface area (Å²) in [6.45, 7) is 1.34. The first-order valence-corrected chi connectivity index (χ1v) is 10.3. The van der Waals surface area contributed by atoms with Gasteiger partial charge in [0.25, 0.3) is 0 Å². The number of nitrogens with one attached hydrogen (secondary N) is 1. The highest BCUT2D eigenvalue weighted by molar-refractivity contribution is 5.88. The fraction of sp³-hybridized carbons (Fsp3) is 0.435. The van der Waals surface area contributed by atoms with Crippen molar-refractivity contribution in [3.63, 3.8) is 0 Å². The lowest BCUT2D eigenvalue weighted by Gasteiger charge is -2.27. The minimum Gasteiger partial charge on any atom is -0.342 e. The zero-order valence-electron chi connectivity index (χ0n) is 16.6. The smallest absolute Gasteiger partial charge is 0.243 e. The van der Waals surface area contributed by atoms with Crippen LogP contribution < -0.4 is 5.32 Å². The van der Waals surface area contributed by atoms with Gasteiger partial charge in [-0.3, -0.25) is 14.6 Å². The van der Waals surface area contributed by atoms with Gasteiger partial charge in [-0.05, 0) is 36.0 Å². The zero-order valence-corrected chi connectivity index (χ0v) is 16.6. The molecule has 4 rings (SSSR count). The van der Waals surface area contributed by atoms with Gasteiger partial charge in [0.2, 0.25) is 11.8 Å². The maximum absolute atomic E-state index is 13.9. The van der Waals surface area contributed by atoms with Gasteiger partial charge in [-0.1, -0.05) is 42.8 Å². The van der Waals surface area contributed by atoms with Crippen LogP contribution in [-0.4, -0.2) is 40.5 Å². The van der Waals surface area contributed by atoms with Crippen LogP contribution in [0.5, 0.6) is 0 Å². The third kappa shape index (κ3) is 4.16. The molecule has 2 amide bonds. The van der Waals surface area contributed by atoms with Gasteiger partial charge in [0, 0.05) is 19.5 Å². The monoisotopic (exact) mass is 395 g/mol. The van der Waals surface area contributed by atoms with Gasteiger partial charge >= 0.3 is 0 Å². The number of rotatable bonds is 5. The number of pyridine rings is 1. The average Bonchev–Trinajstić information content (AvgIpc) is 3.08. The van der Waals surface area contributed by atoms with Crippen LogP contribution in [-0.2, 0) is 9.59 Å². The molecule has 2 heterocycles. The normalized spacial score (nSPS) is 22.8. The van der Waals surface area contributed by atoms with Crippen molar-refractivity contribution in [1.82, 2.24) is 15.2 Å². The second kappa shape index (κ2) is 8.31. The fourth-order valence-electron chi connectivity index (χ4n) is 4.16. The highest BCUT2D eigenvalue weighted by Gasteiger charge is 2.39. The molecule has 1 N–H and O–H groups in total. The Hall–Kier alpha value is -2.76. The molecule has 0 unspecified atom stereocenters. The van der Waals surface area contributed by atoms with Gasteiger partial charge in [0.1, 0.15) is 12.2 Å². The molecule has 2 aromatic rings. The number of likely N-dealkylation sites (tertiary alicyclic amines) is 1. The van der Waals surface area contributed by atoms with Crippen LogP contribution in [0.3, 0.4) is 0 Å². The van der Waals surface area contributed by atoms with Crippen molar-refractivity contribution >= 4 is 11.8 Å². The summed E-state index contributed by atoms with van der Waals surface area (Å²) < 4.78 is 13.9. The molecule has 3 atom stereocenters. The van der Waals surface area contributed by atoms with Crippen molar-refractivity contribution in [3.8, 4) is 0 Å². The van der Waals surface area contributed by atoms with Crippen molar-refractivity contribution in [1.29, 1.82) is 0 Å². The van der Waals surface area contributed by atoms with E-state index in [0.29, 0.717) is 5.92 Å². The van der Waals surface area contributed by atoms with Crippen molar-refractivity contribution in [2.24, 2.45) is 0 Å². The number of aromatic nitrogens is 1. The molecule has 1 aliphatic carbocycles. The molecular weight excluding hydrogens is 369 g/mol. The van der Waals surface area contributed by atoms with Crippen molar-refractivity contribution < 1.29 is 14.0 Å². The zero-order chi connectivity index (χ0) is 20.4. The lowest BCUT2D eigenvalue weighted by molar-refractivity contribution is -0.137. The molecule has 6 heteroatoms. The summed E-state index contributed by atoms with van der Waals surface area (Å²) in [6, 6.07) is 12.4. The molecule has 2 aliphatic rings. The minimum absolute atomic E-state index is 0.0287. The van der Waals surface area contributed by atoms with Crippen molar-refractivity contribution in [2.45, 2.75) is 56.8 Å². The van der Waals surface area contributed by atoms with Crippen LogP contribution in [0.25, 0.3) is 0 Å². The van der Waals surface area contributed by atoms with E-state index in [-0.39, 0.29) is 24.8 Å². The summed E-state index contributed by atoms with van der Waals surface area (Å²) in [6.07, 6.45) is 4.42. The number of hydrogen-bond acceptors (Lipinski definition) is 3. The van der Waals surface area contributed by atoms with E-state index in [1.165, 1.54) is 36.6 Å². The van der Waals surface area contributed by atoms with Gasteiger partial charge < -0.3 is 10.2 Å². The van der Waals surface area contributed by atoms with E-state index >= 15 is 0 Å². The summed E-state index contributed by atoms with van der Waals surface area (Å²) in [5, 5.41) is 3.01. The van der Waals surface area contributed by atoms with Crippen LogP contribution >= 0.6 is 0 Å². The molecular formula is C23H26FN3O2. The summed E-state index contributed by atoms with van der Waals surface area (Å²) >= 11 is 0. The largest absolute Gasteiger partial charge is 0.342 e. The predicted octanol–water partition coefficient (Wildman–Crippen LogP) is 3.51. The highest BCUT2D eigenvalue weighted by atomic mass is 19.1. The van der Waals surface area contributed by atoms with Crippen molar-refractivity contribution in [2.75, 3.05) is 6.54 Å². The van der Waals surface area contributed by atoms with Crippen LogP contribution in [0, 0.1) is 0 Å². The summed E-state index contributed by atoms with van der Waals surface area (Å²) in [4.78, 5) is 30.8. The summed E-state index contributed by atoms with van der Waals surface area (Å²) in [5.41, 5.74) is 2.86. The molecule has 0 bridgehead atoms. The number of halogens is 1. The maximum Gasteiger partial charge on any atom is 0.243 e. The van der Waals surface area contributed by atoms with E-state index in [0.717, 1.165) is 11.3 Å². The van der Waals surface area contributed by atoms with E-state index in [1.54, 1.807) is 0 Å². The second-order valence-electron chi connectivity index (χ2n) is 8.02. The molecule has 152 valence electrons. The molecule has 0 radical (unpaired) electrons. The highest BCUT2D eigenvalue weighted by Crippen LogP contribution is 2.36.